The lowest BCUT2D eigenvalue weighted by molar-refractivity contribution is -0.00746. The Labute approximate surface area is 126 Å². The summed E-state index contributed by atoms with van der Waals surface area (Å²) < 4.78 is 19.2. The third kappa shape index (κ3) is 4.53. The summed E-state index contributed by atoms with van der Waals surface area (Å²) in [5, 5.41) is 0. The van der Waals surface area contributed by atoms with E-state index in [0.29, 0.717) is 11.5 Å². The van der Waals surface area contributed by atoms with Gasteiger partial charge < -0.3 is 10.5 Å². The number of hydrogen-bond donors (Lipinski definition) is 1. The number of nitrogens with zero attached hydrogens (tertiary/aromatic N) is 1. The Hall–Kier alpha value is -1.41. The summed E-state index contributed by atoms with van der Waals surface area (Å²) in [6.07, 6.45) is 1.36. The largest absolute Gasteiger partial charge is 0.380 e. The molecule has 2 rings (SSSR count). The van der Waals surface area contributed by atoms with Gasteiger partial charge in [0.15, 0.2) is 0 Å². The van der Waals surface area contributed by atoms with Gasteiger partial charge in [0.25, 0.3) is 0 Å². The van der Waals surface area contributed by atoms with Crippen LogP contribution in [-0.4, -0.2) is 37.7 Å². The van der Waals surface area contributed by atoms with Crippen molar-refractivity contribution in [1.29, 1.82) is 0 Å². The van der Waals surface area contributed by atoms with E-state index in [4.69, 9.17) is 10.5 Å². The Balaban J connectivity index is 2.07. The van der Waals surface area contributed by atoms with E-state index < -0.39 is 0 Å². The highest BCUT2D eigenvalue weighted by Gasteiger charge is 2.25. The van der Waals surface area contributed by atoms with Gasteiger partial charge in [-0.2, -0.15) is 0 Å². The molecule has 4 heteroatoms. The number of benzene rings is 1. The van der Waals surface area contributed by atoms with Gasteiger partial charge in [0.05, 0.1) is 12.6 Å². The van der Waals surface area contributed by atoms with Crippen LogP contribution in [0, 0.1) is 23.6 Å². The molecule has 0 aliphatic carbocycles. The fraction of sp³-hybridized carbons (Fsp3) is 0.529. The van der Waals surface area contributed by atoms with Gasteiger partial charge in [-0.1, -0.05) is 18.8 Å². The molecule has 2 unspecified atom stereocenters. The Morgan fingerprint density at radius 1 is 1.43 bits per heavy atom. The predicted octanol–water partition coefficient (Wildman–Crippen LogP) is 1.99. The molecular formula is C17H23FN2O. The van der Waals surface area contributed by atoms with E-state index in [2.05, 4.69) is 23.7 Å². The molecule has 1 fully saturated rings. The van der Waals surface area contributed by atoms with Gasteiger partial charge in [-0.3, -0.25) is 4.90 Å². The van der Waals surface area contributed by atoms with Crippen molar-refractivity contribution in [3.05, 3.63) is 35.1 Å². The summed E-state index contributed by atoms with van der Waals surface area (Å²) in [5.74, 6) is 5.98. The smallest absolute Gasteiger partial charge is 0.124 e. The monoisotopic (exact) mass is 290 g/mol. The number of rotatable bonds is 3. The van der Waals surface area contributed by atoms with Crippen LogP contribution in [0.3, 0.4) is 0 Å². The van der Waals surface area contributed by atoms with Crippen molar-refractivity contribution < 1.29 is 9.13 Å². The lowest BCUT2D eigenvalue weighted by Crippen LogP contribution is -2.43. The van der Waals surface area contributed by atoms with E-state index in [1.54, 1.807) is 13.2 Å². The lowest BCUT2D eigenvalue weighted by Gasteiger charge is -2.36. The standard InChI is InChI=1S/C17H23FN2O/c1-13-5-7-20(12-17(13)21-2)11-15-8-14(4-3-6-19)9-16(18)10-15/h8-10,13,17H,5-7,11-12,19H2,1-2H3. The van der Waals surface area contributed by atoms with Crippen molar-refractivity contribution in [2.75, 3.05) is 26.7 Å². The summed E-state index contributed by atoms with van der Waals surface area (Å²) in [6, 6.07) is 4.96. The third-order valence-electron chi connectivity index (χ3n) is 3.97. The maximum Gasteiger partial charge on any atom is 0.124 e. The molecule has 0 bridgehead atoms. The molecule has 114 valence electrons. The molecule has 1 aliphatic heterocycles. The highest BCUT2D eigenvalue weighted by molar-refractivity contribution is 5.38. The van der Waals surface area contributed by atoms with Crippen LogP contribution in [0.15, 0.2) is 18.2 Å². The summed E-state index contributed by atoms with van der Waals surface area (Å²) in [6.45, 7) is 5.13. The minimum absolute atomic E-state index is 0.248. The topological polar surface area (TPSA) is 38.5 Å². The van der Waals surface area contributed by atoms with Crippen LogP contribution in [0.4, 0.5) is 4.39 Å². The van der Waals surface area contributed by atoms with Crippen LogP contribution in [0.5, 0.6) is 0 Å². The molecular weight excluding hydrogens is 267 g/mol. The summed E-state index contributed by atoms with van der Waals surface area (Å²) in [5.41, 5.74) is 6.99. The quantitative estimate of drug-likeness (QED) is 0.865. The molecule has 1 saturated heterocycles. The third-order valence-corrected chi connectivity index (χ3v) is 3.97. The average molecular weight is 290 g/mol. The van der Waals surface area contributed by atoms with Crippen molar-refractivity contribution in [2.24, 2.45) is 11.7 Å². The Morgan fingerprint density at radius 3 is 2.95 bits per heavy atom. The lowest BCUT2D eigenvalue weighted by atomic mass is 9.95. The summed E-state index contributed by atoms with van der Waals surface area (Å²) in [4.78, 5) is 2.31. The molecule has 1 aromatic carbocycles. The fourth-order valence-corrected chi connectivity index (χ4v) is 2.77. The maximum atomic E-state index is 13.7. The van der Waals surface area contributed by atoms with E-state index in [1.807, 2.05) is 6.07 Å². The van der Waals surface area contributed by atoms with E-state index in [9.17, 15) is 4.39 Å². The molecule has 0 aromatic heterocycles. The van der Waals surface area contributed by atoms with Crippen molar-refractivity contribution >= 4 is 0 Å². The first-order valence-electron chi connectivity index (χ1n) is 7.36. The first kappa shape index (κ1) is 16.0. The zero-order valence-electron chi connectivity index (χ0n) is 12.7. The number of nitrogens with two attached hydrogens (primary N) is 1. The first-order valence-corrected chi connectivity index (χ1v) is 7.36. The molecule has 0 radical (unpaired) electrons. The van der Waals surface area contributed by atoms with Gasteiger partial charge in [0.1, 0.15) is 5.82 Å². The van der Waals surface area contributed by atoms with Gasteiger partial charge in [0.2, 0.25) is 0 Å². The van der Waals surface area contributed by atoms with Gasteiger partial charge in [-0.05, 0) is 42.6 Å². The van der Waals surface area contributed by atoms with E-state index >= 15 is 0 Å². The average Bonchev–Trinajstić information content (AvgIpc) is 2.46. The van der Waals surface area contributed by atoms with E-state index in [0.717, 1.165) is 31.6 Å². The number of piperidine rings is 1. The minimum Gasteiger partial charge on any atom is -0.380 e. The molecule has 0 saturated carbocycles. The fourth-order valence-electron chi connectivity index (χ4n) is 2.77. The molecule has 2 atom stereocenters. The molecule has 0 amide bonds. The van der Waals surface area contributed by atoms with E-state index in [1.165, 1.54) is 6.07 Å². The molecule has 21 heavy (non-hydrogen) atoms. The zero-order valence-corrected chi connectivity index (χ0v) is 12.7. The van der Waals surface area contributed by atoms with Crippen molar-refractivity contribution in [3.8, 4) is 11.8 Å². The number of likely N-dealkylation sites (tertiary alicyclic amines) is 1. The second-order valence-electron chi connectivity index (χ2n) is 5.63. The van der Waals surface area contributed by atoms with Crippen LogP contribution in [-0.2, 0) is 11.3 Å². The molecule has 2 N–H and O–H groups in total. The van der Waals surface area contributed by atoms with Crippen molar-refractivity contribution in [2.45, 2.75) is 26.0 Å². The van der Waals surface area contributed by atoms with Gasteiger partial charge in [0, 0.05) is 25.8 Å². The van der Waals surface area contributed by atoms with Crippen molar-refractivity contribution in [1.82, 2.24) is 4.90 Å². The number of methoxy groups -OCH3 is 1. The second-order valence-corrected chi connectivity index (χ2v) is 5.63. The zero-order chi connectivity index (χ0) is 15.2. The number of ether oxygens (including phenoxy) is 1. The highest BCUT2D eigenvalue weighted by atomic mass is 19.1. The highest BCUT2D eigenvalue weighted by Crippen LogP contribution is 2.21. The van der Waals surface area contributed by atoms with Gasteiger partial charge in [-0.15, -0.1) is 0 Å². The SMILES string of the molecule is COC1CN(Cc2cc(F)cc(C#CCN)c2)CCC1C. The van der Waals surface area contributed by atoms with Crippen LogP contribution in [0.1, 0.15) is 24.5 Å². The second kappa shape index (κ2) is 7.56. The van der Waals surface area contributed by atoms with Crippen molar-refractivity contribution in [3.63, 3.8) is 0 Å². The summed E-state index contributed by atoms with van der Waals surface area (Å²) >= 11 is 0. The van der Waals surface area contributed by atoms with Crippen LogP contribution in [0.25, 0.3) is 0 Å². The molecule has 3 nitrogen and oxygen atoms in total. The van der Waals surface area contributed by atoms with Crippen LogP contribution >= 0.6 is 0 Å². The minimum atomic E-state index is -0.248. The molecule has 0 spiro atoms. The predicted molar refractivity (Wildman–Crippen MR) is 82.2 cm³/mol. The Kier molecular flexibility index (Phi) is 5.75. The van der Waals surface area contributed by atoms with Crippen LogP contribution in [0.2, 0.25) is 0 Å². The Bertz CT molecular complexity index is 535. The number of hydrogen-bond acceptors (Lipinski definition) is 3. The van der Waals surface area contributed by atoms with Gasteiger partial charge in [-0.25, -0.2) is 4.39 Å². The molecule has 1 aliphatic rings. The normalized spacial score (nSPS) is 22.7. The number of halogens is 1. The van der Waals surface area contributed by atoms with E-state index in [-0.39, 0.29) is 18.5 Å². The van der Waals surface area contributed by atoms with Gasteiger partial charge >= 0.3 is 0 Å². The molecule has 1 aromatic rings. The maximum absolute atomic E-state index is 13.7. The Morgan fingerprint density at radius 2 is 2.24 bits per heavy atom. The van der Waals surface area contributed by atoms with Crippen LogP contribution < -0.4 is 5.73 Å². The summed E-state index contributed by atoms with van der Waals surface area (Å²) in [7, 11) is 1.76. The first-order chi connectivity index (χ1) is 10.1. The molecule has 1 heterocycles.